The highest BCUT2D eigenvalue weighted by atomic mass is 19.4. The van der Waals surface area contributed by atoms with Crippen LogP contribution in [-0.4, -0.2) is 19.6 Å². The van der Waals surface area contributed by atoms with Gasteiger partial charge >= 0.3 is 12.4 Å². The van der Waals surface area contributed by atoms with Crippen LogP contribution in [0.15, 0.2) is 42.5 Å². The molecule has 238 valence electrons. The second-order valence-electron chi connectivity index (χ2n) is 11.4. The number of hydrogen-bond donors (Lipinski definition) is 1. The van der Waals surface area contributed by atoms with E-state index in [1.54, 1.807) is 6.07 Å². The van der Waals surface area contributed by atoms with Gasteiger partial charge in [0.25, 0.3) is 6.47 Å². The molecule has 3 aromatic carbocycles. The average Bonchev–Trinajstić information content (AvgIpc) is 2.96. The standard InChI is InChI=1S/C33H34F7NO3/c1-18(2)26-14-28(30(43-4)15-29(26)34)27-12-21-8-6-5-7-20(21)9-23(27)16-41-19(3)31(44-17-42)22-10-24(32(35,36)37)13-25(11-22)33(38,39)40/h9-15,17-19,31,41H,5-8,16H2,1-4H3/t19?,31-/m0/s1. The van der Waals surface area contributed by atoms with E-state index >= 15 is 0 Å². The molecule has 3 aromatic rings. The van der Waals surface area contributed by atoms with Crippen molar-refractivity contribution in [3.05, 3.63) is 87.2 Å². The third-order valence-electron chi connectivity index (χ3n) is 8.01. The molecule has 0 aliphatic heterocycles. The topological polar surface area (TPSA) is 47.6 Å². The molecule has 4 rings (SSSR count). The number of nitrogens with one attached hydrogen (secondary N) is 1. The molecule has 1 unspecified atom stereocenters. The molecule has 0 heterocycles. The number of alkyl halides is 6. The number of hydrogen-bond acceptors (Lipinski definition) is 4. The zero-order valence-corrected chi connectivity index (χ0v) is 24.8. The van der Waals surface area contributed by atoms with Gasteiger partial charge in [-0.15, -0.1) is 0 Å². The number of fused-ring (bicyclic) bond motifs is 1. The SMILES string of the molecule is COc1cc(F)c(C(C)C)cc1-c1cc2c(cc1CNC(C)[C@H](OC=O)c1cc(C(F)(F)F)cc(C(F)(F)F)c1)CCCC2. The summed E-state index contributed by atoms with van der Waals surface area (Å²) in [7, 11) is 1.44. The van der Waals surface area contributed by atoms with Crippen LogP contribution in [0.3, 0.4) is 0 Å². The second-order valence-corrected chi connectivity index (χ2v) is 11.4. The van der Waals surface area contributed by atoms with Crippen molar-refractivity contribution >= 4 is 6.47 Å². The number of carbonyl (C=O) groups excluding carboxylic acids is 1. The fourth-order valence-corrected chi connectivity index (χ4v) is 5.69. The zero-order valence-electron chi connectivity index (χ0n) is 24.8. The van der Waals surface area contributed by atoms with Gasteiger partial charge in [-0.2, -0.15) is 26.3 Å². The second kappa shape index (κ2) is 13.2. The Morgan fingerprint density at radius 1 is 0.841 bits per heavy atom. The number of carbonyl (C=O) groups is 1. The fraction of sp³-hybridized carbons (Fsp3) is 0.424. The summed E-state index contributed by atoms with van der Waals surface area (Å²) >= 11 is 0. The number of rotatable bonds is 10. The molecule has 0 saturated carbocycles. The van der Waals surface area contributed by atoms with Crippen LogP contribution in [0.2, 0.25) is 0 Å². The Hall–Kier alpha value is -3.60. The van der Waals surface area contributed by atoms with Crippen molar-refractivity contribution in [2.75, 3.05) is 7.11 Å². The summed E-state index contributed by atoms with van der Waals surface area (Å²) in [6.07, 6.45) is -7.86. The molecule has 44 heavy (non-hydrogen) atoms. The Labute approximate surface area is 251 Å². The Bertz CT molecular complexity index is 1470. The molecule has 1 aliphatic carbocycles. The molecule has 0 saturated heterocycles. The van der Waals surface area contributed by atoms with Gasteiger partial charge < -0.3 is 14.8 Å². The summed E-state index contributed by atoms with van der Waals surface area (Å²) < 4.78 is 107. The van der Waals surface area contributed by atoms with Crippen molar-refractivity contribution in [2.45, 2.75) is 83.4 Å². The first-order chi connectivity index (χ1) is 20.6. The summed E-state index contributed by atoms with van der Waals surface area (Å²) in [5, 5.41) is 3.14. The quantitative estimate of drug-likeness (QED) is 0.181. The summed E-state index contributed by atoms with van der Waals surface area (Å²) in [6, 6.07) is 7.38. The molecule has 1 aliphatic rings. The van der Waals surface area contributed by atoms with Crippen LogP contribution in [0.1, 0.15) is 84.6 Å². The maximum Gasteiger partial charge on any atom is 0.416 e. The minimum atomic E-state index is -5.06. The van der Waals surface area contributed by atoms with Crippen molar-refractivity contribution in [1.82, 2.24) is 5.32 Å². The van der Waals surface area contributed by atoms with Crippen LogP contribution in [0.4, 0.5) is 30.7 Å². The van der Waals surface area contributed by atoms with E-state index in [1.165, 1.54) is 20.1 Å². The Balaban J connectivity index is 1.75. The smallest absolute Gasteiger partial charge is 0.416 e. The molecule has 0 aromatic heterocycles. The molecule has 2 atom stereocenters. The van der Waals surface area contributed by atoms with E-state index in [0.717, 1.165) is 47.9 Å². The maximum atomic E-state index is 14.9. The lowest BCUT2D eigenvalue weighted by Crippen LogP contribution is -2.33. The number of aryl methyl sites for hydroxylation is 2. The van der Waals surface area contributed by atoms with Crippen molar-refractivity contribution < 1.29 is 45.0 Å². The number of halogens is 7. The van der Waals surface area contributed by atoms with Gasteiger partial charge in [-0.1, -0.05) is 26.0 Å². The highest BCUT2D eigenvalue weighted by Gasteiger charge is 2.38. The van der Waals surface area contributed by atoms with Crippen molar-refractivity contribution in [2.24, 2.45) is 0 Å². The summed E-state index contributed by atoms with van der Waals surface area (Å²) in [4.78, 5) is 11.4. The van der Waals surface area contributed by atoms with Crippen LogP contribution in [-0.2, 0) is 41.3 Å². The molecule has 0 radical (unpaired) electrons. The average molecular weight is 626 g/mol. The van der Waals surface area contributed by atoms with Gasteiger partial charge in [0.1, 0.15) is 17.7 Å². The fourth-order valence-electron chi connectivity index (χ4n) is 5.69. The van der Waals surface area contributed by atoms with E-state index in [4.69, 9.17) is 9.47 Å². The van der Waals surface area contributed by atoms with Gasteiger partial charge in [-0.3, -0.25) is 4.79 Å². The van der Waals surface area contributed by atoms with Crippen LogP contribution in [0.25, 0.3) is 11.1 Å². The lowest BCUT2D eigenvalue weighted by Gasteiger charge is -2.27. The van der Waals surface area contributed by atoms with Gasteiger partial charge in [-0.05, 0) is 96.2 Å². The zero-order chi connectivity index (χ0) is 32.4. The van der Waals surface area contributed by atoms with E-state index in [-0.39, 0.29) is 25.0 Å². The van der Waals surface area contributed by atoms with Crippen LogP contribution < -0.4 is 10.1 Å². The number of methoxy groups -OCH3 is 1. The Kier molecular flexibility index (Phi) is 9.97. The van der Waals surface area contributed by atoms with Gasteiger partial charge in [0.05, 0.1) is 18.2 Å². The van der Waals surface area contributed by atoms with E-state index in [1.807, 2.05) is 26.0 Å². The van der Waals surface area contributed by atoms with E-state index in [0.29, 0.717) is 29.0 Å². The molecule has 0 bridgehead atoms. The van der Waals surface area contributed by atoms with Gasteiger partial charge in [0.15, 0.2) is 0 Å². The highest BCUT2D eigenvalue weighted by Crippen LogP contribution is 2.41. The predicted octanol–water partition coefficient (Wildman–Crippen LogP) is 8.93. The normalized spacial score (nSPS) is 15.1. The van der Waals surface area contributed by atoms with E-state index in [9.17, 15) is 35.5 Å². The Morgan fingerprint density at radius 2 is 1.43 bits per heavy atom. The molecule has 0 spiro atoms. The van der Waals surface area contributed by atoms with Crippen LogP contribution in [0.5, 0.6) is 5.75 Å². The summed E-state index contributed by atoms with van der Waals surface area (Å²) in [5.41, 5.74) is 1.49. The molecule has 11 heteroatoms. The number of ether oxygens (including phenoxy) is 2. The molecule has 4 nitrogen and oxygen atoms in total. The maximum absolute atomic E-state index is 14.9. The van der Waals surface area contributed by atoms with E-state index in [2.05, 4.69) is 5.32 Å². The summed E-state index contributed by atoms with van der Waals surface area (Å²) in [5.74, 6) is -0.197. The minimum absolute atomic E-state index is 0.00246. The Morgan fingerprint density at radius 3 is 1.95 bits per heavy atom. The first-order valence-electron chi connectivity index (χ1n) is 14.3. The van der Waals surface area contributed by atoms with Crippen molar-refractivity contribution in [3.63, 3.8) is 0 Å². The molecule has 0 amide bonds. The lowest BCUT2D eigenvalue weighted by atomic mass is 9.85. The minimum Gasteiger partial charge on any atom is -0.496 e. The lowest BCUT2D eigenvalue weighted by molar-refractivity contribution is -0.143. The van der Waals surface area contributed by atoms with Gasteiger partial charge in [0.2, 0.25) is 0 Å². The third kappa shape index (κ3) is 7.36. The largest absolute Gasteiger partial charge is 0.496 e. The molecular weight excluding hydrogens is 591 g/mol. The molecule has 1 N–H and O–H groups in total. The van der Waals surface area contributed by atoms with Crippen LogP contribution in [0, 0.1) is 5.82 Å². The van der Waals surface area contributed by atoms with Crippen molar-refractivity contribution in [1.29, 1.82) is 0 Å². The number of benzene rings is 3. The highest BCUT2D eigenvalue weighted by molar-refractivity contribution is 5.76. The van der Waals surface area contributed by atoms with Gasteiger partial charge in [-0.25, -0.2) is 4.39 Å². The molecule has 0 fully saturated rings. The van der Waals surface area contributed by atoms with Crippen LogP contribution >= 0.6 is 0 Å². The first-order valence-corrected chi connectivity index (χ1v) is 14.3. The van der Waals surface area contributed by atoms with Gasteiger partial charge in [0, 0.05) is 24.2 Å². The van der Waals surface area contributed by atoms with E-state index < -0.39 is 47.0 Å². The molecular formula is C33H34F7NO3. The first kappa shape index (κ1) is 33.3. The summed E-state index contributed by atoms with van der Waals surface area (Å²) in [6.45, 7) is 5.37. The van der Waals surface area contributed by atoms with Crippen molar-refractivity contribution in [3.8, 4) is 16.9 Å². The predicted molar refractivity (Wildman–Crippen MR) is 152 cm³/mol. The third-order valence-corrected chi connectivity index (χ3v) is 8.01. The monoisotopic (exact) mass is 625 g/mol.